The highest BCUT2D eigenvalue weighted by Gasteiger charge is 2.30. The lowest BCUT2D eigenvalue weighted by Gasteiger charge is -2.30. The van der Waals surface area contributed by atoms with Crippen LogP contribution in [0, 0.1) is 13.8 Å². The van der Waals surface area contributed by atoms with Gasteiger partial charge in [0, 0.05) is 11.4 Å². The number of anilines is 1. The predicted molar refractivity (Wildman–Crippen MR) is 114 cm³/mol. The van der Waals surface area contributed by atoms with Gasteiger partial charge in [-0.15, -0.1) is 0 Å². The average molecular weight is 398 g/mol. The van der Waals surface area contributed by atoms with Gasteiger partial charge in [-0.05, 0) is 73.9 Å². The molecule has 7 heteroatoms. The van der Waals surface area contributed by atoms with Crippen LogP contribution in [0.25, 0.3) is 0 Å². The van der Waals surface area contributed by atoms with Gasteiger partial charge >= 0.3 is 0 Å². The Bertz CT molecular complexity index is 985. The molecule has 1 unspecified atom stereocenters. The molecule has 1 atom stereocenters. The molecule has 3 rings (SSSR count). The highest BCUT2D eigenvalue weighted by Crippen LogP contribution is 2.33. The van der Waals surface area contributed by atoms with Crippen LogP contribution in [-0.4, -0.2) is 23.2 Å². The van der Waals surface area contributed by atoms with Crippen molar-refractivity contribution in [2.75, 3.05) is 12.4 Å². The van der Waals surface area contributed by atoms with E-state index in [1.165, 1.54) is 13.2 Å². The zero-order valence-electron chi connectivity index (χ0n) is 16.2. The summed E-state index contributed by atoms with van der Waals surface area (Å²) >= 11 is 5.28. The van der Waals surface area contributed by atoms with Gasteiger partial charge in [0.25, 0.3) is 5.91 Å². The second-order valence-electron chi connectivity index (χ2n) is 6.75. The van der Waals surface area contributed by atoms with Crippen molar-refractivity contribution in [1.82, 2.24) is 10.6 Å². The van der Waals surface area contributed by atoms with Gasteiger partial charge in [0.15, 0.2) is 16.6 Å². The van der Waals surface area contributed by atoms with Crippen molar-refractivity contribution in [1.29, 1.82) is 0 Å². The summed E-state index contributed by atoms with van der Waals surface area (Å²) in [5, 5.41) is 19.4. The zero-order chi connectivity index (χ0) is 20.4. The molecule has 2 aromatic rings. The Kier molecular flexibility index (Phi) is 5.56. The predicted octanol–water partition coefficient (Wildman–Crippen LogP) is 3.45. The van der Waals surface area contributed by atoms with E-state index in [0.29, 0.717) is 22.1 Å². The van der Waals surface area contributed by atoms with Crippen molar-refractivity contribution in [3.8, 4) is 11.5 Å². The summed E-state index contributed by atoms with van der Waals surface area (Å²) in [5.74, 6) is 0.125. The molecular weight excluding hydrogens is 374 g/mol. The van der Waals surface area contributed by atoms with E-state index < -0.39 is 6.04 Å². The summed E-state index contributed by atoms with van der Waals surface area (Å²) in [6.45, 7) is 5.84. The molecular formula is C21H23N3O3S. The van der Waals surface area contributed by atoms with E-state index in [1.807, 2.05) is 39.0 Å². The molecule has 1 heterocycles. The van der Waals surface area contributed by atoms with Gasteiger partial charge in [0.1, 0.15) is 0 Å². The number of allylic oxidation sites excluding steroid dienone is 1. The number of amides is 1. The Morgan fingerprint density at radius 1 is 1.14 bits per heavy atom. The standard InChI is InChI=1S/C21H23N3O3S/c1-11-5-7-15(9-12(11)2)23-20(26)18-13(3)22-21(28)24-19(18)14-6-8-16(25)17(10-14)27-4/h5-10,19,25H,1-4H3,(H,23,26)(H2,22,24,28). The smallest absolute Gasteiger partial charge is 0.255 e. The largest absolute Gasteiger partial charge is 0.504 e. The normalized spacial score (nSPS) is 16.3. The van der Waals surface area contributed by atoms with Crippen LogP contribution in [-0.2, 0) is 4.79 Å². The molecule has 4 N–H and O–H groups in total. The van der Waals surface area contributed by atoms with Crippen LogP contribution in [0.5, 0.6) is 11.5 Å². The number of ether oxygens (including phenoxy) is 1. The molecule has 0 aliphatic carbocycles. The van der Waals surface area contributed by atoms with Crippen molar-refractivity contribution in [2.45, 2.75) is 26.8 Å². The molecule has 0 bridgehead atoms. The first kappa shape index (κ1) is 19.7. The van der Waals surface area contributed by atoms with Crippen LogP contribution >= 0.6 is 12.2 Å². The van der Waals surface area contributed by atoms with Crippen molar-refractivity contribution >= 4 is 28.9 Å². The number of carbonyl (C=O) groups excluding carboxylic acids is 1. The van der Waals surface area contributed by atoms with Gasteiger partial charge in [0.2, 0.25) is 0 Å². The van der Waals surface area contributed by atoms with E-state index in [4.69, 9.17) is 17.0 Å². The third kappa shape index (κ3) is 3.94. The molecule has 28 heavy (non-hydrogen) atoms. The van der Waals surface area contributed by atoms with Crippen LogP contribution in [0.2, 0.25) is 0 Å². The quantitative estimate of drug-likeness (QED) is 0.592. The number of benzene rings is 2. The van der Waals surface area contributed by atoms with Crippen LogP contribution < -0.4 is 20.7 Å². The van der Waals surface area contributed by atoms with E-state index in [2.05, 4.69) is 16.0 Å². The minimum atomic E-state index is -0.477. The molecule has 1 aliphatic heterocycles. The van der Waals surface area contributed by atoms with Gasteiger partial charge in [-0.2, -0.15) is 0 Å². The summed E-state index contributed by atoms with van der Waals surface area (Å²) in [7, 11) is 1.48. The summed E-state index contributed by atoms with van der Waals surface area (Å²) in [4.78, 5) is 13.1. The summed E-state index contributed by atoms with van der Waals surface area (Å²) in [6, 6.07) is 10.3. The first-order valence-electron chi connectivity index (χ1n) is 8.84. The third-order valence-electron chi connectivity index (χ3n) is 4.82. The third-order valence-corrected chi connectivity index (χ3v) is 5.04. The molecule has 1 amide bonds. The fourth-order valence-electron chi connectivity index (χ4n) is 3.14. The van der Waals surface area contributed by atoms with Gasteiger partial charge in [0.05, 0.1) is 18.7 Å². The number of hydrogen-bond acceptors (Lipinski definition) is 4. The molecule has 146 valence electrons. The van der Waals surface area contributed by atoms with E-state index >= 15 is 0 Å². The first-order chi connectivity index (χ1) is 13.3. The lowest BCUT2D eigenvalue weighted by molar-refractivity contribution is -0.113. The Morgan fingerprint density at radius 2 is 1.89 bits per heavy atom. The number of thiocarbonyl (C=S) groups is 1. The van der Waals surface area contributed by atoms with E-state index in [-0.39, 0.29) is 11.7 Å². The topological polar surface area (TPSA) is 82.6 Å². The summed E-state index contributed by atoms with van der Waals surface area (Å²) in [6.07, 6.45) is 0. The fraction of sp³-hybridized carbons (Fsp3) is 0.238. The fourth-order valence-corrected chi connectivity index (χ4v) is 3.41. The Labute approximate surface area is 169 Å². The molecule has 2 aromatic carbocycles. The number of nitrogens with one attached hydrogen (secondary N) is 3. The van der Waals surface area contributed by atoms with E-state index in [9.17, 15) is 9.90 Å². The molecule has 0 radical (unpaired) electrons. The lowest BCUT2D eigenvalue weighted by Crippen LogP contribution is -2.45. The maximum absolute atomic E-state index is 13.1. The molecule has 0 spiro atoms. The molecule has 0 fully saturated rings. The highest BCUT2D eigenvalue weighted by molar-refractivity contribution is 7.80. The molecule has 6 nitrogen and oxygen atoms in total. The number of rotatable bonds is 4. The van der Waals surface area contributed by atoms with Crippen LogP contribution in [0.3, 0.4) is 0 Å². The number of carbonyl (C=O) groups is 1. The van der Waals surface area contributed by atoms with E-state index in [0.717, 1.165) is 22.4 Å². The molecule has 0 saturated heterocycles. The van der Waals surface area contributed by atoms with Crippen molar-refractivity contribution in [3.63, 3.8) is 0 Å². The SMILES string of the molecule is COc1cc(C2NC(=S)NC(C)=C2C(=O)Nc2ccc(C)c(C)c2)ccc1O. The first-order valence-corrected chi connectivity index (χ1v) is 9.24. The maximum atomic E-state index is 13.1. The monoisotopic (exact) mass is 397 g/mol. The summed E-state index contributed by atoms with van der Waals surface area (Å²) < 4.78 is 5.20. The molecule has 1 aliphatic rings. The van der Waals surface area contributed by atoms with Crippen molar-refractivity contribution in [2.24, 2.45) is 0 Å². The highest BCUT2D eigenvalue weighted by atomic mass is 32.1. The number of hydrogen-bond donors (Lipinski definition) is 4. The van der Waals surface area contributed by atoms with Crippen LogP contribution in [0.15, 0.2) is 47.7 Å². The Hall–Kier alpha value is -3.06. The maximum Gasteiger partial charge on any atom is 0.255 e. The second kappa shape index (κ2) is 7.90. The number of aromatic hydroxyl groups is 1. The average Bonchev–Trinajstić information content (AvgIpc) is 2.64. The van der Waals surface area contributed by atoms with Gasteiger partial charge in [-0.1, -0.05) is 12.1 Å². The number of phenols is 1. The zero-order valence-corrected chi connectivity index (χ0v) is 17.0. The second-order valence-corrected chi connectivity index (χ2v) is 7.16. The Balaban J connectivity index is 1.97. The number of methoxy groups -OCH3 is 1. The lowest BCUT2D eigenvalue weighted by atomic mass is 9.94. The minimum absolute atomic E-state index is 0.0320. The van der Waals surface area contributed by atoms with Crippen molar-refractivity contribution in [3.05, 3.63) is 64.4 Å². The van der Waals surface area contributed by atoms with Crippen LogP contribution in [0.4, 0.5) is 5.69 Å². The van der Waals surface area contributed by atoms with Gasteiger partial charge in [-0.3, -0.25) is 4.79 Å². The Morgan fingerprint density at radius 3 is 2.57 bits per heavy atom. The molecule has 0 aromatic heterocycles. The van der Waals surface area contributed by atoms with Gasteiger partial charge in [-0.25, -0.2) is 0 Å². The van der Waals surface area contributed by atoms with Gasteiger partial charge < -0.3 is 25.8 Å². The van der Waals surface area contributed by atoms with Crippen molar-refractivity contribution < 1.29 is 14.6 Å². The summed E-state index contributed by atoms with van der Waals surface area (Å²) in [5.41, 5.74) is 4.92. The van der Waals surface area contributed by atoms with E-state index in [1.54, 1.807) is 12.1 Å². The minimum Gasteiger partial charge on any atom is -0.504 e. The molecule has 0 saturated carbocycles. The number of phenolic OH excluding ortho intramolecular Hbond substituents is 1. The van der Waals surface area contributed by atoms with Crippen LogP contribution in [0.1, 0.15) is 29.7 Å². The number of aryl methyl sites for hydroxylation is 2.